The van der Waals surface area contributed by atoms with Crippen molar-refractivity contribution in [3.05, 3.63) is 129 Å². The number of hydrazine groups is 1. The summed E-state index contributed by atoms with van der Waals surface area (Å²) >= 11 is 3.56. The van der Waals surface area contributed by atoms with E-state index in [-0.39, 0.29) is 35.6 Å². The van der Waals surface area contributed by atoms with E-state index < -0.39 is 64.6 Å². The molecular weight excluding hydrogens is 742 g/mol. The van der Waals surface area contributed by atoms with Crippen molar-refractivity contribution in [1.82, 2.24) is 5.01 Å². The molecule has 4 aromatic rings. The maximum absolute atomic E-state index is 15.3. The molecule has 53 heavy (non-hydrogen) atoms. The first kappa shape index (κ1) is 34.3. The maximum Gasteiger partial charge on any atom is 0.335 e. The van der Waals surface area contributed by atoms with Crippen LogP contribution in [0.25, 0.3) is 0 Å². The number of ether oxygens (including phenoxy) is 1. The predicted octanol–water partition coefficient (Wildman–Crippen LogP) is 6.36. The largest absolute Gasteiger partial charge is 0.504 e. The summed E-state index contributed by atoms with van der Waals surface area (Å²) in [6.45, 7) is 1.93. The summed E-state index contributed by atoms with van der Waals surface area (Å²) in [5.41, 5.74) is 4.61. The number of carbonyl (C=O) groups is 5. The number of hydrogen-bond donors (Lipinski definition) is 3. The molecule has 2 aliphatic heterocycles. The van der Waals surface area contributed by atoms with Gasteiger partial charge in [0.05, 0.1) is 47.2 Å². The number of amides is 4. The number of halogens is 1. The molecule has 0 radical (unpaired) electrons. The number of allylic oxidation sites excluding steroid dienone is 2. The van der Waals surface area contributed by atoms with Gasteiger partial charge in [0.2, 0.25) is 11.8 Å². The number of methoxy groups -OCH3 is 1. The standard InChI is InChI=1S/C41H34BrN3O8/c1-21-11-13-25(14-12-21)43-45-37(48)31-20-29-27(15-16-28-33(29)38(49)44(36(28)47)26-10-6-7-22(17-26)39(50)51)34(30-18-24(42)19-32(53-2)35(30)46)41(31,40(45)52)23-8-4-3-5-9-23/h3-15,17-19,28-29,31,33-34,43,46H,16,20H2,1-2H3,(H,50,51). The van der Waals surface area contributed by atoms with E-state index in [1.54, 1.807) is 48.5 Å². The van der Waals surface area contributed by atoms with Crippen LogP contribution in [0.1, 0.15) is 45.8 Å². The number of imide groups is 2. The third-order valence-electron chi connectivity index (χ3n) is 11.3. The van der Waals surface area contributed by atoms with Gasteiger partial charge in [-0.15, -0.1) is 0 Å². The number of nitrogens with zero attached hydrogens (tertiary/aromatic N) is 2. The molecule has 6 atom stereocenters. The van der Waals surface area contributed by atoms with Crippen molar-refractivity contribution in [2.24, 2.45) is 23.7 Å². The van der Waals surface area contributed by atoms with Crippen molar-refractivity contribution >= 4 is 56.9 Å². The number of aryl methyl sites for hydroxylation is 1. The van der Waals surface area contributed by atoms with Crippen LogP contribution in [-0.4, -0.2) is 51.9 Å². The number of aromatic hydroxyl groups is 1. The fourth-order valence-corrected chi connectivity index (χ4v) is 9.55. The summed E-state index contributed by atoms with van der Waals surface area (Å²) in [7, 11) is 1.42. The van der Waals surface area contributed by atoms with Gasteiger partial charge in [0.15, 0.2) is 11.5 Å². The number of phenols is 1. The van der Waals surface area contributed by atoms with Crippen LogP contribution >= 0.6 is 15.9 Å². The van der Waals surface area contributed by atoms with E-state index in [0.29, 0.717) is 26.9 Å². The second-order valence-electron chi connectivity index (χ2n) is 14.0. The molecule has 2 aliphatic carbocycles. The summed E-state index contributed by atoms with van der Waals surface area (Å²) in [5.74, 6) is -7.66. The number of anilines is 2. The molecule has 2 saturated heterocycles. The Kier molecular flexibility index (Phi) is 8.25. The average Bonchev–Trinajstić information content (AvgIpc) is 3.54. The van der Waals surface area contributed by atoms with E-state index >= 15 is 4.79 Å². The Morgan fingerprint density at radius 2 is 1.64 bits per heavy atom. The van der Waals surface area contributed by atoms with Gasteiger partial charge in [-0.3, -0.25) is 29.5 Å². The monoisotopic (exact) mass is 775 g/mol. The third-order valence-corrected chi connectivity index (χ3v) is 11.8. The van der Waals surface area contributed by atoms with Gasteiger partial charge in [-0.2, -0.15) is 5.01 Å². The van der Waals surface area contributed by atoms with Crippen molar-refractivity contribution < 1.29 is 38.9 Å². The summed E-state index contributed by atoms with van der Waals surface area (Å²) in [4.78, 5) is 71.7. The quantitative estimate of drug-likeness (QED) is 0.144. The number of benzene rings is 4. The van der Waals surface area contributed by atoms with Crippen molar-refractivity contribution in [2.45, 2.75) is 31.1 Å². The molecule has 4 aliphatic rings. The van der Waals surface area contributed by atoms with Gasteiger partial charge in [0.1, 0.15) is 0 Å². The zero-order chi connectivity index (χ0) is 37.3. The highest BCUT2D eigenvalue weighted by atomic mass is 79.9. The minimum atomic E-state index is -1.59. The molecular formula is C41H34BrN3O8. The summed E-state index contributed by atoms with van der Waals surface area (Å²) in [6.07, 6.45) is 2.10. The fraction of sp³-hybridized carbons (Fsp3) is 0.244. The normalized spacial score (nSPS) is 26.2. The van der Waals surface area contributed by atoms with Gasteiger partial charge in [-0.25, -0.2) is 4.79 Å². The number of carboxylic acid groups (broad SMARTS) is 1. The lowest BCUT2D eigenvalue weighted by Gasteiger charge is -2.50. The van der Waals surface area contributed by atoms with Gasteiger partial charge in [0.25, 0.3) is 11.8 Å². The highest BCUT2D eigenvalue weighted by molar-refractivity contribution is 9.10. The van der Waals surface area contributed by atoms with E-state index in [0.717, 1.165) is 15.5 Å². The highest BCUT2D eigenvalue weighted by Gasteiger charge is 2.70. The van der Waals surface area contributed by atoms with Crippen molar-refractivity contribution in [1.29, 1.82) is 0 Å². The molecule has 11 nitrogen and oxygen atoms in total. The summed E-state index contributed by atoms with van der Waals surface area (Å²) in [5, 5.41) is 22.6. The Morgan fingerprint density at radius 1 is 0.906 bits per heavy atom. The van der Waals surface area contributed by atoms with Crippen molar-refractivity contribution in [3.63, 3.8) is 0 Å². The van der Waals surface area contributed by atoms with E-state index in [4.69, 9.17) is 4.74 Å². The molecule has 0 aromatic heterocycles. The van der Waals surface area contributed by atoms with Crippen LogP contribution in [0, 0.1) is 30.6 Å². The zero-order valence-corrected chi connectivity index (χ0v) is 30.2. The van der Waals surface area contributed by atoms with Crippen LogP contribution < -0.4 is 15.1 Å². The first-order valence-corrected chi connectivity index (χ1v) is 18.0. The molecule has 268 valence electrons. The molecule has 3 fully saturated rings. The lowest BCUT2D eigenvalue weighted by molar-refractivity contribution is -0.138. The Morgan fingerprint density at radius 3 is 2.34 bits per heavy atom. The molecule has 0 bridgehead atoms. The lowest BCUT2D eigenvalue weighted by Crippen LogP contribution is -2.53. The third kappa shape index (κ3) is 5.10. The second-order valence-corrected chi connectivity index (χ2v) is 14.9. The van der Waals surface area contributed by atoms with Crippen molar-refractivity contribution in [2.75, 3.05) is 17.4 Å². The molecule has 2 heterocycles. The van der Waals surface area contributed by atoms with Gasteiger partial charge in [0, 0.05) is 16.0 Å². The second kappa shape index (κ2) is 12.7. The number of carboxylic acids is 1. The van der Waals surface area contributed by atoms with Gasteiger partial charge >= 0.3 is 5.97 Å². The number of rotatable bonds is 7. The molecule has 12 heteroatoms. The number of fused-ring (bicyclic) bond motifs is 4. The fourth-order valence-electron chi connectivity index (χ4n) is 9.09. The number of aromatic carboxylic acids is 1. The van der Waals surface area contributed by atoms with Crippen molar-refractivity contribution in [3.8, 4) is 11.5 Å². The lowest BCUT2D eigenvalue weighted by atomic mass is 9.49. The smallest absolute Gasteiger partial charge is 0.335 e. The summed E-state index contributed by atoms with van der Waals surface area (Å²) < 4.78 is 6.13. The van der Waals surface area contributed by atoms with Crippen LogP contribution in [0.2, 0.25) is 0 Å². The average molecular weight is 777 g/mol. The predicted molar refractivity (Wildman–Crippen MR) is 197 cm³/mol. The zero-order valence-electron chi connectivity index (χ0n) is 28.7. The number of nitrogens with one attached hydrogen (secondary N) is 1. The molecule has 1 saturated carbocycles. The Bertz CT molecular complexity index is 2260. The minimum Gasteiger partial charge on any atom is -0.504 e. The molecule has 6 unspecified atom stereocenters. The van der Waals surface area contributed by atoms with Crippen LogP contribution in [0.15, 0.2) is 107 Å². The van der Waals surface area contributed by atoms with E-state index in [2.05, 4.69) is 21.4 Å². The Hall–Kier alpha value is -5.75. The SMILES string of the molecule is COc1cc(Br)cc(C2C3=CCC4C(=O)N(c5cccc(C(=O)O)c5)C(=O)C4C3CC3C(=O)N(Nc4ccc(C)cc4)C(=O)C32c2ccccc2)c1O. The van der Waals surface area contributed by atoms with E-state index in [1.807, 2.05) is 31.2 Å². The van der Waals surface area contributed by atoms with Crippen LogP contribution in [-0.2, 0) is 24.6 Å². The maximum atomic E-state index is 15.3. The Labute approximate surface area is 313 Å². The molecule has 3 N–H and O–H groups in total. The minimum absolute atomic E-state index is 0.0585. The summed E-state index contributed by atoms with van der Waals surface area (Å²) in [6, 6.07) is 25.3. The first-order valence-electron chi connectivity index (χ1n) is 17.2. The van der Waals surface area contributed by atoms with Crippen LogP contribution in [0.3, 0.4) is 0 Å². The molecule has 8 rings (SSSR count). The first-order chi connectivity index (χ1) is 25.5. The Balaban J connectivity index is 1.34. The van der Waals surface area contributed by atoms with Gasteiger partial charge in [-0.1, -0.05) is 81.7 Å². The van der Waals surface area contributed by atoms with E-state index in [1.165, 1.54) is 31.4 Å². The van der Waals surface area contributed by atoms with Crippen LogP contribution in [0.4, 0.5) is 11.4 Å². The molecule has 0 spiro atoms. The van der Waals surface area contributed by atoms with E-state index in [9.17, 15) is 29.4 Å². The van der Waals surface area contributed by atoms with Crippen LogP contribution in [0.5, 0.6) is 11.5 Å². The number of hydrogen-bond acceptors (Lipinski definition) is 8. The topological polar surface area (TPSA) is 154 Å². The molecule has 4 amide bonds. The van der Waals surface area contributed by atoms with Gasteiger partial charge in [-0.05, 0) is 73.7 Å². The number of phenolic OH excluding ortho intramolecular Hbond substituents is 1. The number of carbonyl (C=O) groups excluding carboxylic acids is 4. The van der Waals surface area contributed by atoms with Gasteiger partial charge < -0.3 is 14.9 Å². The molecule has 4 aromatic carbocycles. The highest BCUT2D eigenvalue weighted by Crippen LogP contribution is 2.65.